The Balaban J connectivity index is 2.04. The van der Waals surface area contributed by atoms with E-state index in [4.69, 9.17) is 14.2 Å². The Kier molecular flexibility index (Phi) is 7.11. The Bertz CT molecular complexity index is 1060. The van der Waals surface area contributed by atoms with Crippen molar-refractivity contribution in [3.63, 3.8) is 0 Å². The van der Waals surface area contributed by atoms with E-state index < -0.39 is 11.8 Å². The zero-order valence-corrected chi connectivity index (χ0v) is 18.4. The van der Waals surface area contributed by atoms with Crippen molar-refractivity contribution in [1.82, 2.24) is 4.90 Å². The fraction of sp³-hybridized carbons (Fsp3) is 0.261. The summed E-state index contributed by atoms with van der Waals surface area (Å²) < 4.78 is 15.7. The first-order valence-electron chi connectivity index (χ1n) is 9.86. The summed E-state index contributed by atoms with van der Waals surface area (Å²) in [5, 5.41) is 5.75. The minimum atomic E-state index is -0.467. The molecule has 0 radical (unpaired) electrons. The van der Waals surface area contributed by atoms with Crippen LogP contribution in [0.4, 0.5) is 11.4 Å². The third kappa shape index (κ3) is 4.73. The van der Waals surface area contributed by atoms with Gasteiger partial charge in [0, 0.05) is 25.8 Å². The molecule has 3 amide bonds. The summed E-state index contributed by atoms with van der Waals surface area (Å²) in [4.78, 5) is 38.7. The molecule has 0 saturated carbocycles. The van der Waals surface area contributed by atoms with Crippen molar-refractivity contribution in [2.75, 3.05) is 45.1 Å². The molecule has 0 unspecified atom stereocenters. The summed E-state index contributed by atoms with van der Waals surface area (Å²) in [5.41, 5.74) is 1.97. The first-order chi connectivity index (χ1) is 15.4. The van der Waals surface area contributed by atoms with Gasteiger partial charge in [0.1, 0.15) is 17.2 Å². The van der Waals surface area contributed by atoms with Crippen molar-refractivity contribution in [3.8, 4) is 11.5 Å². The first-order valence-corrected chi connectivity index (χ1v) is 9.86. The van der Waals surface area contributed by atoms with Crippen LogP contribution in [0.1, 0.15) is 12.5 Å². The molecule has 0 bridgehead atoms. The first kappa shape index (κ1) is 22.8. The third-order valence-electron chi connectivity index (χ3n) is 4.85. The SMILES string of the molecule is COCCN1C(=O)C(Nc2ccc(OC)cc2OC)=C(c2ccc(NC(C)=O)cc2)C1=O. The quantitative estimate of drug-likeness (QED) is 0.578. The molecule has 9 heteroatoms. The standard InChI is InChI=1S/C23H25N3O6/c1-14(27)24-16-7-5-15(6-8-16)20-21(23(29)26(22(20)28)11-12-30-2)25-18-10-9-17(31-3)13-19(18)32-4/h5-10,13,25H,11-12H2,1-4H3,(H,24,27). The van der Waals surface area contributed by atoms with Gasteiger partial charge in [0.15, 0.2) is 0 Å². The van der Waals surface area contributed by atoms with Crippen LogP contribution in [0.5, 0.6) is 11.5 Å². The number of amides is 3. The van der Waals surface area contributed by atoms with E-state index >= 15 is 0 Å². The van der Waals surface area contributed by atoms with E-state index in [0.717, 1.165) is 4.90 Å². The highest BCUT2D eigenvalue weighted by molar-refractivity contribution is 6.36. The van der Waals surface area contributed by atoms with Gasteiger partial charge < -0.3 is 24.8 Å². The van der Waals surface area contributed by atoms with Crippen LogP contribution >= 0.6 is 0 Å². The molecular weight excluding hydrogens is 414 g/mol. The summed E-state index contributed by atoms with van der Waals surface area (Å²) >= 11 is 0. The molecule has 0 spiro atoms. The average molecular weight is 439 g/mol. The van der Waals surface area contributed by atoms with Gasteiger partial charge in [-0.1, -0.05) is 12.1 Å². The lowest BCUT2D eigenvalue weighted by Crippen LogP contribution is -2.35. The second-order valence-electron chi connectivity index (χ2n) is 6.95. The summed E-state index contributed by atoms with van der Waals surface area (Å²) in [6.45, 7) is 1.74. The van der Waals surface area contributed by atoms with Crippen LogP contribution in [-0.2, 0) is 19.1 Å². The van der Waals surface area contributed by atoms with Crippen LogP contribution in [0, 0.1) is 0 Å². The number of ether oxygens (including phenoxy) is 3. The minimum absolute atomic E-state index is 0.118. The van der Waals surface area contributed by atoms with E-state index in [1.807, 2.05) is 0 Å². The topological polar surface area (TPSA) is 106 Å². The maximum atomic E-state index is 13.2. The van der Waals surface area contributed by atoms with E-state index in [-0.39, 0.29) is 30.3 Å². The van der Waals surface area contributed by atoms with Gasteiger partial charge in [-0.15, -0.1) is 0 Å². The van der Waals surface area contributed by atoms with Crippen molar-refractivity contribution >= 4 is 34.7 Å². The number of carbonyl (C=O) groups excluding carboxylic acids is 3. The summed E-state index contributed by atoms with van der Waals surface area (Å²) in [6, 6.07) is 11.8. The van der Waals surface area contributed by atoms with Crippen molar-refractivity contribution in [1.29, 1.82) is 0 Å². The van der Waals surface area contributed by atoms with Crippen LogP contribution in [-0.4, -0.2) is 57.1 Å². The number of imide groups is 1. The molecule has 32 heavy (non-hydrogen) atoms. The lowest BCUT2D eigenvalue weighted by molar-refractivity contribution is -0.137. The van der Waals surface area contributed by atoms with Crippen LogP contribution in [0.15, 0.2) is 48.2 Å². The van der Waals surface area contributed by atoms with Gasteiger partial charge in [-0.05, 0) is 29.8 Å². The summed E-state index contributed by atoms with van der Waals surface area (Å²) in [6.07, 6.45) is 0. The highest BCUT2D eigenvalue weighted by atomic mass is 16.5. The Morgan fingerprint density at radius 1 is 0.969 bits per heavy atom. The maximum Gasteiger partial charge on any atom is 0.278 e. The van der Waals surface area contributed by atoms with Gasteiger partial charge in [-0.2, -0.15) is 0 Å². The highest BCUT2D eigenvalue weighted by Gasteiger charge is 2.39. The number of rotatable bonds is 9. The summed E-state index contributed by atoms with van der Waals surface area (Å²) in [7, 11) is 4.55. The molecule has 1 aliphatic rings. The van der Waals surface area contributed by atoms with Crippen molar-refractivity contribution < 1.29 is 28.6 Å². The molecular formula is C23H25N3O6. The van der Waals surface area contributed by atoms with E-state index in [1.54, 1.807) is 49.6 Å². The summed E-state index contributed by atoms with van der Waals surface area (Å²) in [5.74, 6) is -0.0672. The third-order valence-corrected chi connectivity index (χ3v) is 4.85. The number of nitrogens with zero attached hydrogens (tertiary/aromatic N) is 1. The van der Waals surface area contributed by atoms with E-state index in [0.29, 0.717) is 28.4 Å². The Morgan fingerprint density at radius 3 is 2.28 bits per heavy atom. The van der Waals surface area contributed by atoms with Gasteiger partial charge in [0.2, 0.25) is 5.91 Å². The molecule has 1 aliphatic heterocycles. The second kappa shape index (κ2) is 9.97. The van der Waals surface area contributed by atoms with E-state index in [2.05, 4.69) is 10.6 Å². The molecule has 2 aromatic carbocycles. The molecule has 0 aromatic heterocycles. The largest absolute Gasteiger partial charge is 0.497 e. The Hall–Kier alpha value is -3.85. The molecule has 2 N–H and O–H groups in total. The van der Waals surface area contributed by atoms with Crippen molar-refractivity contribution in [2.24, 2.45) is 0 Å². The van der Waals surface area contributed by atoms with Gasteiger partial charge in [-0.3, -0.25) is 19.3 Å². The molecule has 168 valence electrons. The number of anilines is 2. The van der Waals surface area contributed by atoms with Crippen LogP contribution in [0.2, 0.25) is 0 Å². The number of benzene rings is 2. The molecule has 9 nitrogen and oxygen atoms in total. The van der Waals surface area contributed by atoms with Gasteiger partial charge >= 0.3 is 0 Å². The minimum Gasteiger partial charge on any atom is -0.497 e. The van der Waals surface area contributed by atoms with Crippen molar-refractivity contribution in [3.05, 3.63) is 53.7 Å². The van der Waals surface area contributed by atoms with Gasteiger partial charge in [0.05, 0.1) is 38.6 Å². The van der Waals surface area contributed by atoms with Crippen LogP contribution in [0.25, 0.3) is 5.57 Å². The fourth-order valence-corrected chi connectivity index (χ4v) is 3.31. The maximum absolute atomic E-state index is 13.2. The highest BCUT2D eigenvalue weighted by Crippen LogP contribution is 2.35. The number of methoxy groups -OCH3 is 3. The molecule has 1 heterocycles. The molecule has 0 saturated heterocycles. The smallest absolute Gasteiger partial charge is 0.278 e. The molecule has 0 aliphatic carbocycles. The predicted octanol–water partition coefficient (Wildman–Crippen LogP) is 2.50. The lowest BCUT2D eigenvalue weighted by Gasteiger charge is -2.15. The normalized spacial score (nSPS) is 13.4. The molecule has 2 aromatic rings. The number of hydrogen-bond donors (Lipinski definition) is 2. The number of nitrogens with one attached hydrogen (secondary N) is 2. The molecule has 0 fully saturated rings. The van der Waals surface area contributed by atoms with Crippen LogP contribution in [0.3, 0.4) is 0 Å². The average Bonchev–Trinajstić information content (AvgIpc) is 3.01. The Morgan fingerprint density at radius 2 is 1.69 bits per heavy atom. The molecule has 0 atom stereocenters. The van der Waals surface area contributed by atoms with Gasteiger partial charge in [0.25, 0.3) is 11.8 Å². The zero-order chi connectivity index (χ0) is 23.3. The monoisotopic (exact) mass is 439 g/mol. The number of carbonyl (C=O) groups is 3. The predicted molar refractivity (Wildman–Crippen MR) is 119 cm³/mol. The zero-order valence-electron chi connectivity index (χ0n) is 18.4. The second-order valence-corrected chi connectivity index (χ2v) is 6.95. The van der Waals surface area contributed by atoms with Crippen LogP contribution < -0.4 is 20.1 Å². The fourth-order valence-electron chi connectivity index (χ4n) is 3.31. The van der Waals surface area contributed by atoms with Crippen molar-refractivity contribution in [2.45, 2.75) is 6.92 Å². The van der Waals surface area contributed by atoms with E-state index in [9.17, 15) is 14.4 Å². The lowest BCUT2D eigenvalue weighted by atomic mass is 10.0. The number of hydrogen-bond acceptors (Lipinski definition) is 7. The molecule has 3 rings (SSSR count). The van der Waals surface area contributed by atoms with Gasteiger partial charge in [-0.25, -0.2) is 0 Å². The Labute approximate surface area is 185 Å². The van der Waals surface area contributed by atoms with E-state index in [1.165, 1.54) is 21.1 Å².